The summed E-state index contributed by atoms with van der Waals surface area (Å²) in [5.74, 6) is 0. The smallest absolute Gasteiger partial charge is 0.124 e. The molecule has 14 heavy (non-hydrogen) atoms. The number of hydrogen-bond acceptors (Lipinski definition) is 1. The molecule has 1 aromatic carbocycles. The van der Waals surface area contributed by atoms with E-state index in [2.05, 4.69) is 10.2 Å². The molecule has 0 radical (unpaired) electrons. The minimum absolute atomic E-state index is 0.553. The van der Waals surface area contributed by atoms with E-state index in [0.717, 1.165) is 11.3 Å². The molecule has 1 heterocycles. The van der Waals surface area contributed by atoms with Gasteiger partial charge in [-0.15, -0.1) is 0 Å². The summed E-state index contributed by atoms with van der Waals surface area (Å²) in [6.07, 6.45) is 3.91. The quantitative estimate of drug-likeness (QED) is 0.800. The number of nitrogens with one attached hydrogen (secondary N) is 1. The topological polar surface area (TPSA) is 28.7 Å². The lowest BCUT2D eigenvalue weighted by atomic mass is 10.2. The first-order chi connectivity index (χ1) is 6.84. The molecule has 0 aliphatic rings. The van der Waals surface area contributed by atoms with Gasteiger partial charge < -0.3 is 0 Å². The van der Waals surface area contributed by atoms with Crippen LogP contribution in [0.2, 0.25) is 5.15 Å². The molecule has 3 heteroatoms. The number of benzene rings is 1. The molecule has 0 saturated carbocycles. The molecule has 1 N–H and O–H groups in total. The molecule has 0 aliphatic carbocycles. The van der Waals surface area contributed by atoms with Gasteiger partial charge >= 0.3 is 0 Å². The van der Waals surface area contributed by atoms with Crippen molar-refractivity contribution in [3.63, 3.8) is 0 Å². The third-order valence-corrected chi connectivity index (χ3v) is 2.01. The van der Waals surface area contributed by atoms with Gasteiger partial charge in [0.05, 0.1) is 5.69 Å². The highest BCUT2D eigenvalue weighted by atomic mass is 35.5. The molecular formula is C11H9ClN2. The fourth-order valence-electron chi connectivity index (χ4n) is 1.14. The highest BCUT2D eigenvalue weighted by Gasteiger charge is 1.92. The Kier molecular flexibility index (Phi) is 2.65. The van der Waals surface area contributed by atoms with Gasteiger partial charge in [-0.25, -0.2) is 0 Å². The fraction of sp³-hybridized carbons (Fsp3) is 0. The zero-order valence-electron chi connectivity index (χ0n) is 7.44. The van der Waals surface area contributed by atoms with Gasteiger partial charge in [0.2, 0.25) is 0 Å². The zero-order valence-corrected chi connectivity index (χ0v) is 8.20. The normalized spacial score (nSPS) is 10.9. The molecule has 0 saturated heterocycles. The Morgan fingerprint density at radius 2 is 1.93 bits per heavy atom. The van der Waals surface area contributed by atoms with Gasteiger partial charge in [-0.3, -0.25) is 5.10 Å². The Labute approximate surface area is 87.2 Å². The molecule has 0 bridgehead atoms. The number of aromatic nitrogens is 2. The summed E-state index contributed by atoms with van der Waals surface area (Å²) in [6.45, 7) is 0. The standard InChI is InChI=1S/C11H9ClN2/c12-11-8-10(13-14-11)7-6-9-4-2-1-3-5-9/h1-8H,(H,13,14). The van der Waals surface area contributed by atoms with Crippen molar-refractivity contribution < 1.29 is 0 Å². The number of H-pyrrole nitrogens is 1. The molecule has 0 unspecified atom stereocenters. The van der Waals surface area contributed by atoms with E-state index in [1.165, 1.54) is 0 Å². The highest BCUT2D eigenvalue weighted by molar-refractivity contribution is 6.29. The lowest BCUT2D eigenvalue weighted by Gasteiger charge is -1.89. The minimum Gasteiger partial charge on any atom is -0.267 e. The van der Waals surface area contributed by atoms with Crippen molar-refractivity contribution in [3.8, 4) is 0 Å². The molecule has 2 rings (SSSR count). The maximum Gasteiger partial charge on any atom is 0.124 e. The summed E-state index contributed by atoms with van der Waals surface area (Å²) >= 11 is 5.69. The molecule has 0 atom stereocenters. The first kappa shape index (κ1) is 9.03. The van der Waals surface area contributed by atoms with E-state index in [9.17, 15) is 0 Å². The summed E-state index contributed by atoms with van der Waals surface area (Å²) in [6, 6.07) is 11.8. The van der Waals surface area contributed by atoms with E-state index in [4.69, 9.17) is 11.6 Å². The molecule has 0 aliphatic heterocycles. The number of halogens is 1. The van der Waals surface area contributed by atoms with E-state index in [1.54, 1.807) is 6.07 Å². The number of aromatic amines is 1. The maximum atomic E-state index is 5.69. The Morgan fingerprint density at radius 3 is 2.57 bits per heavy atom. The molecule has 2 aromatic rings. The molecular weight excluding hydrogens is 196 g/mol. The number of hydrogen-bond donors (Lipinski definition) is 1. The Morgan fingerprint density at radius 1 is 1.14 bits per heavy atom. The molecule has 70 valence electrons. The lowest BCUT2D eigenvalue weighted by molar-refractivity contribution is 1.08. The first-order valence-corrected chi connectivity index (χ1v) is 4.66. The summed E-state index contributed by atoms with van der Waals surface area (Å²) in [7, 11) is 0. The van der Waals surface area contributed by atoms with E-state index >= 15 is 0 Å². The molecule has 0 fully saturated rings. The van der Waals surface area contributed by atoms with Crippen molar-refractivity contribution in [1.82, 2.24) is 10.2 Å². The van der Waals surface area contributed by atoms with Crippen molar-refractivity contribution >= 4 is 23.8 Å². The van der Waals surface area contributed by atoms with Crippen LogP contribution in [0.3, 0.4) is 0 Å². The van der Waals surface area contributed by atoms with E-state index in [-0.39, 0.29) is 0 Å². The zero-order chi connectivity index (χ0) is 9.80. The second kappa shape index (κ2) is 4.11. The largest absolute Gasteiger partial charge is 0.267 e. The predicted molar refractivity (Wildman–Crippen MR) is 59.0 cm³/mol. The Balaban J connectivity index is 2.15. The van der Waals surface area contributed by atoms with Crippen LogP contribution in [0, 0.1) is 0 Å². The van der Waals surface area contributed by atoms with Gasteiger partial charge in [-0.1, -0.05) is 48.0 Å². The third-order valence-electron chi connectivity index (χ3n) is 1.81. The SMILES string of the molecule is Clc1cc(C=Cc2ccccc2)n[nH]1. The van der Waals surface area contributed by atoms with Crippen molar-refractivity contribution in [2.24, 2.45) is 0 Å². The summed E-state index contributed by atoms with van der Waals surface area (Å²) in [5.41, 5.74) is 1.98. The van der Waals surface area contributed by atoms with Crippen LogP contribution in [0.15, 0.2) is 36.4 Å². The van der Waals surface area contributed by atoms with E-state index in [1.807, 2.05) is 42.5 Å². The predicted octanol–water partition coefficient (Wildman–Crippen LogP) is 3.23. The molecule has 0 amide bonds. The van der Waals surface area contributed by atoms with Crippen LogP contribution in [-0.2, 0) is 0 Å². The second-order valence-corrected chi connectivity index (χ2v) is 3.29. The van der Waals surface area contributed by atoms with Crippen molar-refractivity contribution in [2.45, 2.75) is 0 Å². The van der Waals surface area contributed by atoms with Gasteiger partial charge in [0, 0.05) is 6.07 Å². The monoisotopic (exact) mass is 204 g/mol. The van der Waals surface area contributed by atoms with Crippen LogP contribution in [0.25, 0.3) is 12.2 Å². The average molecular weight is 205 g/mol. The van der Waals surface area contributed by atoms with E-state index < -0.39 is 0 Å². The Hall–Kier alpha value is -1.54. The number of rotatable bonds is 2. The number of nitrogens with zero attached hydrogens (tertiary/aromatic N) is 1. The highest BCUT2D eigenvalue weighted by Crippen LogP contribution is 2.09. The lowest BCUT2D eigenvalue weighted by Crippen LogP contribution is -1.71. The van der Waals surface area contributed by atoms with Gasteiger partial charge in [0.15, 0.2) is 0 Å². The molecule has 2 nitrogen and oxygen atoms in total. The van der Waals surface area contributed by atoms with Gasteiger partial charge in [0.25, 0.3) is 0 Å². The first-order valence-electron chi connectivity index (χ1n) is 4.28. The summed E-state index contributed by atoms with van der Waals surface area (Å²) in [4.78, 5) is 0. The fourth-order valence-corrected chi connectivity index (χ4v) is 1.30. The van der Waals surface area contributed by atoms with Crippen LogP contribution in [0.4, 0.5) is 0 Å². The van der Waals surface area contributed by atoms with Crippen molar-refractivity contribution in [2.75, 3.05) is 0 Å². The summed E-state index contributed by atoms with van der Waals surface area (Å²) < 4.78 is 0. The maximum absolute atomic E-state index is 5.69. The van der Waals surface area contributed by atoms with Crippen molar-refractivity contribution in [3.05, 3.63) is 52.8 Å². The van der Waals surface area contributed by atoms with Crippen LogP contribution in [0.1, 0.15) is 11.3 Å². The van der Waals surface area contributed by atoms with Gasteiger partial charge in [0.1, 0.15) is 5.15 Å². The second-order valence-electron chi connectivity index (χ2n) is 2.88. The molecule has 0 spiro atoms. The van der Waals surface area contributed by atoms with Crippen LogP contribution < -0.4 is 0 Å². The Bertz CT molecular complexity index is 432. The van der Waals surface area contributed by atoms with Crippen LogP contribution in [-0.4, -0.2) is 10.2 Å². The van der Waals surface area contributed by atoms with Gasteiger partial charge in [-0.05, 0) is 11.6 Å². The van der Waals surface area contributed by atoms with E-state index in [0.29, 0.717) is 5.15 Å². The average Bonchev–Trinajstić information content (AvgIpc) is 2.63. The third kappa shape index (κ3) is 2.24. The molecule has 1 aromatic heterocycles. The van der Waals surface area contributed by atoms with Gasteiger partial charge in [-0.2, -0.15) is 5.10 Å². The van der Waals surface area contributed by atoms with Crippen LogP contribution >= 0.6 is 11.6 Å². The minimum atomic E-state index is 0.553. The summed E-state index contributed by atoms with van der Waals surface area (Å²) in [5, 5.41) is 7.21. The van der Waals surface area contributed by atoms with Crippen LogP contribution in [0.5, 0.6) is 0 Å². The van der Waals surface area contributed by atoms with Crippen molar-refractivity contribution in [1.29, 1.82) is 0 Å².